The van der Waals surface area contributed by atoms with Gasteiger partial charge in [0.1, 0.15) is 0 Å². The number of carbonyl (C=O) groups excluding carboxylic acids is 1. The summed E-state index contributed by atoms with van der Waals surface area (Å²) in [7, 11) is 0. The second kappa shape index (κ2) is 6.05. The Hall–Kier alpha value is -0.650. The highest BCUT2D eigenvalue weighted by Gasteiger charge is 2.11. The summed E-state index contributed by atoms with van der Waals surface area (Å²) in [6.07, 6.45) is 1.78. The maximum Gasteiger partial charge on any atom is 0.242 e. The minimum Gasteiger partial charge on any atom is -0.320 e. The molecule has 0 aliphatic heterocycles. The van der Waals surface area contributed by atoms with E-state index in [1.165, 1.54) is 11.3 Å². The molecule has 1 aromatic heterocycles. The van der Waals surface area contributed by atoms with Crippen molar-refractivity contribution in [1.82, 2.24) is 4.98 Å². The predicted molar refractivity (Wildman–Crippen MR) is 65.7 cm³/mol. The van der Waals surface area contributed by atoms with E-state index in [0.29, 0.717) is 11.0 Å². The highest BCUT2D eigenvalue weighted by molar-refractivity contribution is 7.15. The molecule has 15 heavy (non-hydrogen) atoms. The van der Waals surface area contributed by atoms with E-state index in [4.69, 9.17) is 5.73 Å². The molecule has 1 unspecified atom stereocenters. The number of aromatic nitrogens is 1. The van der Waals surface area contributed by atoms with Gasteiger partial charge in [0.2, 0.25) is 5.91 Å². The first kappa shape index (κ1) is 14.3. The van der Waals surface area contributed by atoms with Gasteiger partial charge in [-0.3, -0.25) is 4.79 Å². The number of nitrogens with two attached hydrogens (primary N) is 1. The van der Waals surface area contributed by atoms with Gasteiger partial charge >= 0.3 is 0 Å². The molecule has 0 radical (unpaired) electrons. The number of halogens is 1. The number of hydrogen-bond acceptors (Lipinski definition) is 4. The zero-order valence-electron chi connectivity index (χ0n) is 8.98. The first-order valence-corrected chi connectivity index (χ1v) is 5.34. The largest absolute Gasteiger partial charge is 0.320 e. The van der Waals surface area contributed by atoms with Crippen molar-refractivity contribution in [3.05, 3.63) is 11.1 Å². The Morgan fingerprint density at radius 3 is 2.53 bits per heavy atom. The first-order valence-electron chi connectivity index (χ1n) is 4.53. The van der Waals surface area contributed by atoms with Crippen molar-refractivity contribution in [2.75, 3.05) is 5.32 Å². The van der Waals surface area contributed by atoms with E-state index < -0.39 is 6.04 Å². The van der Waals surface area contributed by atoms with Crippen LogP contribution in [0.15, 0.2) is 6.20 Å². The summed E-state index contributed by atoms with van der Waals surface area (Å²) < 4.78 is 0. The summed E-state index contributed by atoms with van der Waals surface area (Å²) in [6.45, 7) is 5.82. The SMILES string of the molecule is CC(N)C(=O)Nc1ncc(C(C)C)s1.Cl. The second-order valence-corrected chi connectivity index (χ2v) is 4.56. The molecular weight excluding hydrogens is 234 g/mol. The van der Waals surface area contributed by atoms with E-state index in [-0.39, 0.29) is 18.3 Å². The normalized spacial score (nSPS) is 12.1. The van der Waals surface area contributed by atoms with Gasteiger partial charge < -0.3 is 11.1 Å². The van der Waals surface area contributed by atoms with Crippen molar-refractivity contribution < 1.29 is 4.79 Å². The Labute approximate surface area is 99.7 Å². The van der Waals surface area contributed by atoms with Gasteiger partial charge in [0.25, 0.3) is 0 Å². The summed E-state index contributed by atoms with van der Waals surface area (Å²) in [5.74, 6) is 0.239. The lowest BCUT2D eigenvalue weighted by Crippen LogP contribution is -2.32. The molecule has 1 aromatic rings. The number of rotatable bonds is 3. The van der Waals surface area contributed by atoms with Crippen LogP contribution in [-0.2, 0) is 4.79 Å². The minimum absolute atomic E-state index is 0. The molecule has 0 bridgehead atoms. The van der Waals surface area contributed by atoms with E-state index in [2.05, 4.69) is 24.1 Å². The Kier molecular flexibility index (Phi) is 5.79. The van der Waals surface area contributed by atoms with Crippen LogP contribution in [0, 0.1) is 0 Å². The van der Waals surface area contributed by atoms with Gasteiger partial charge in [-0.2, -0.15) is 0 Å². The van der Waals surface area contributed by atoms with Crippen LogP contribution in [0.1, 0.15) is 31.6 Å². The molecule has 3 N–H and O–H groups in total. The van der Waals surface area contributed by atoms with E-state index in [0.717, 1.165) is 4.88 Å². The summed E-state index contributed by atoms with van der Waals surface area (Å²) in [5, 5.41) is 3.28. The molecule has 0 spiro atoms. The van der Waals surface area contributed by atoms with Crippen LogP contribution in [0.3, 0.4) is 0 Å². The fourth-order valence-electron chi connectivity index (χ4n) is 0.831. The maximum atomic E-state index is 11.2. The van der Waals surface area contributed by atoms with Crippen LogP contribution in [0.2, 0.25) is 0 Å². The molecule has 4 nitrogen and oxygen atoms in total. The third kappa shape index (κ3) is 4.15. The average Bonchev–Trinajstić information content (AvgIpc) is 2.52. The van der Waals surface area contributed by atoms with Crippen LogP contribution < -0.4 is 11.1 Å². The molecule has 86 valence electrons. The molecule has 0 aliphatic rings. The molecule has 0 aromatic carbocycles. The van der Waals surface area contributed by atoms with Crippen molar-refractivity contribution >= 4 is 34.8 Å². The highest BCUT2D eigenvalue weighted by Crippen LogP contribution is 2.24. The summed E-state index contributed by atoms with van der Waals surface area (Å²) >= 11 is 1.49. The monoisotopic (exact) mass is 249 g/mol. The molecular formula is C9H16ClN3OS. The smallest absolute Gasteiger partial charge is 0.242 e. The predicted octanol–water partition coefficient (Wildman–Crippen LogP) is 1.97. The molecule has 1 amide bonds. The van der Waals surface area contributed by atoms with Crippen molar-refractivity contribution in [3.8, 4) is 0 Å². The number of carbonyl (C=O) groups is 1. The zero-order chi connectivity index (χ0) is 10.7. The van der Waals surface area contributed by atoms with E-state index in [9.17, 15) is 4.79 Å². The van der Waals surface area contributed by atoms with Crippen LogP contribution in [0.5, 0.6) is 0 Å². The molecule has 0 saturated carbocycles. The zero-order valence-corrected chi connectivity index (χ0v) is 10.6. The third-order valence-corrected chi connectivity index (χ3v) is 2.95. The Bertz CT molecular complexity index is 325. The maximum absolute atomic E-state index is 11.2. The molecule has 0 saturated heterocycles. The van der Waals surface area contributed by atoms with Crippen molar-refractivity contribution in [1.29, 1.82) is 0 Å². The summed E-state index contributed by atoms with van der Waals surface area (Å²) in [6, 6.07) is -0.499. The lowest BCUT2D eigenvalue weighted by atomic mass is 10.2. The molecule has 0 fully saturated rings. The van der Waals surface area contributed by atoms with Gasteiger partial charge in [-0.15, -0.1) is 23.7 Å². The van der Waals surface area contributed by atoms with Gasteiger partial charge in [-0.1, -0.05) is 13.8 Å². The molecule has 0 aliphatic carbocycles. The van der Waals surface area contributed by atoms with E-state index >= 15 is 0 Å². The molecule has 1 atom stereocenters. The van der Waals surface area contributed by atoms with Crippen LogP contribution in [0.4, 0.5) is 5.13 Å². The standard InChI is InChI=1S/C9H15N3OS.ClH/c1-5(2)7-4-11-9(14-7)12-8(13)6(3)10;/h4-6H,10H2,1-3H3,(H,11,12,13);1H. The number of anilines is 1. The van der Waals surface area contributed by atoms with E-state index in [1.54, 1.807) is 13.1 Å². The number of nitrogens with zero attached hydrogens (tertiary/aromatic N) is 1. The Morgan fingerprint density at radius 1 is 1.53 bits per heavy atom. The van der Waals surface area contributed by atoms with Crippen molar-refractivity contribution in [3.63, 3.8) is 0 Å². The topological polar surface area (TPSA) is 68.0 Å². The van der Waals surface area contributed by atoms with Gasteiger partial charge in [0.15, 0.2) is 5.13 Å². The lowest BCUT2D eigenvalue weighted by Gasteiger charge is -2.03. The first-order chi connectivity index (χ1) is 6.50. The average molecular weight is 250 g/mol. The third-order valence-electron chi connectivity index (χ3n) is 1.74. The van der Waals surface area contributed by atoms with Gasteiger partial charge in [-0.05, 0) is 12.8 Å². The lowest BCUT2D eigenvalue weighted by molar-refractivity contribution is -0.117. The Morgan fingerprint density at radius 2 is 2.13 bits per heavy atom. The quantitative estimate of drug-likeness (QED) is 0.861. The summed E-state index contributed by atoms with van der Waals surface area (Å²) in [5.41, 5.74) is 5.42. The highest BCUT2D eigenvalue weighted by atomic mass is 35.5. The Balaban J connectivity index is 0.00000196. The molecule has 1 rings (SSSR count). The number of hydrogen-bond donors (Lipinski definition) is 2. The molecule has 6 heteroatoms. The van der Waals surface area contributed by atoms with Crippen LogP contribution >= 0.6 is 23.7 Å². The fraction of sp³-hybridized carbons (Fsp3) is 0.556. The van der Waals surface area contributed by atoms with Crippen LogP contribution in [0.25, 0.3) is 0 Å². The van der Waals surface area contributed by atoms with Gasteiger partial charge in [0.05, 0.1) is 6.04 Å². The van der Waals surface area contributed by atoms with Crippen molar-refractivity contribution in [2.24, 2.45) is 5.73 Å². The number of nitrogens with one attached hydrogen (secondary N) is 1. The number of amides is 1. The number of thiazole rings is 1. The van der Waals surface area contributed by atoms with Gasteiger partial charge in [-0.25, -0.2) is 4.98 Å². The minimum atomic E-state index is -0.499. The van der Waals surface area contributed by atoms with E-state index in [1.807, 2.05) is 0 Å². The van der Waals surface area contributed by atoms with Crippen molar-refractivity contribution in [2.45, 2.75) is 32.7 Å². The molecule has 1 heterocycles. The fourth-order valence-corrected chi connectivity index (χ4v) is 1.65. The van der Waals surface area contributed by atoms with Crippen LogP contribution in [-0.4, -0.2) is 16.9 Å². The van der Waals surface area contributed by atoms with Gasteiger partial charge in [0, 0.05) is 11.1 Å². The second-order valence-electron chi connectivity index (χ2n) is 3.50. The summed E-state index contributed by atoms with van der Waals surface area (Å²) in [4.78, 5) is 16.5.